The number of hydrogen-bond acceptors (Lipinski definition) is 4. The van der Waals surface area contributed by atoms with Gasteiger partial charge in [0, 0.05) is 26.9 Å². The number of likely N-dealkylation sites (N-methyl/N-ethyl adjacent to an activating group) is 1. The highest BCUT2D eigenvalue weighted by atomic mass is 16.5. The average Bonchev–Trinajstić information content (AvgIpc) is 3.01. The molecule has 0 bridgehead atoms. The third kappa shape index (κ3) is 4.66. The molecule has 2 heterocycles. The molecule has 25 heavy (non-hydrogen) atoms. The van der Waals surface area contributed by atoms with Crippen LogP contribution in [0, 0.1) is 5.92 Å². The summed E-state index contributed by atoms with van der Waals surface area (Å²) in [7, 11) is 3.42. The highest BCUT2D eigenvalue weighted by Crippen LogP contribution is 2.21. The Bertz CT molecular complexity index is 682. The first-order valence-corrected chi connectivity index (χ1v) is 8.71. The fourth-order valence-electron chi connectivity index (χ4n) is 2.85. The second-order valence-electron chi connectivity index (χ2n) is 6.58. The first-order valence-electron chi connectivity index (χ1n) is 8.71. The van der Waals surface area contributed by atoms with Crippen LogP contribution in [0.15, 0.2) is 30.5 Å². The summed E-state index contributed by atoms with van der Waals surface area (Å²) < 4.78 is 7.10. The van der Waals surface area contributed by atoms with Crippen LogP contribution < -0.4 is 0 Å². The number of nitrogens with zero attached hydrogens (tertiary/aromatic N) is 4. The van der Waals surface area contributed by atoms with E-state index in [1.54, 1.807) is 29.9 Å². The molecule has 1 amide bonds. The van der Waals surface area contributed by atoms with Gasteiger partial charge in [0.2, 0.25) is 0 Å². The fraction of sp³-hybridized carbons (Fsp3) is 0.526. The van der Waals surface area contributed by atoms with E-state index in [2.05, 4.69) is 23.9 Å². The number of amides is 1. The third-order valence-corrected chi connectivity index (χ3v) is 4.11. The number of carbonyl (C=O) groups is 1. The highest BCUT2D eigenvalue weighted by molar-refractivity contribution is 5.92. The SMILES string of the molecule is CCn1nc(CC(C)C)cc1C(=O)N(C)[C@@H](COC)c1ccccn1. The van der Waals surface area contributed by atoms with Gasteiger partial charge < -0.3 is 9.64 Å². The predicted octanol–water partition coefficient (Wildman–Crippen LogP) is 2.96. The number of aryl methyl sites for hydroxylation is 1. The van der Waals surface area contributed by atoms with E-state index in [1.807, 2.05) is 31.2 Å². The Labute approximate surface area is 149 Å². The molecule has 0 aliphatic rings. The third-order valence-electron chi connectivity index (χ3n) is 4.11. The van der Waals surface area contributed by atoms with E-state index in [9.17, 15) is 4.79 Å². The van der Waals surface area contributed by atoms with Crippen molar-refractivity contribution < 1.29 is 9.53 Å². The van der Waals surface area contributed by atoms with Gasteiger partial charge in [-0.05, 0) is 37.5 Å². The number of aromatic nitrogens is 3. The zero-order valence-corrected chi connectivity index (χ0v) is 15.8. The molecule has 0 fully saturated rings. The summed E-state index contributed by atoms with van der Waals surface area (Å²) in [6.07, 6.45) is 2.59. The van der Waals surface area contributed by atoms with Crippen LogP contribution in [0.25, 0.3) is 0 Å². The minimum absolute atomic E-state index is 0.0722. The molecule has 0 aliphatic heterocycles. The van der Waals surface area contributed by atoms with Crippen LogP contribution >= 0.6 is 0 Å². The Morgan fingerprint density at radius 3 is 2.68 bits per heavy atom. The molecular formula is C19H28N4O2. The lowest BCUT2D eigenvalue weighted by molar-refractivity contribution is 0.0583. The molecule has 1 atom stereocenters. The van der Waals surface area contributed by atoms with Crippen molar-refractivity contribution in [2.24, 2.45) is 5.92 Å². The molecule has 6 nitrogen and oxygen atoms in total. The van der Waals surface area contributed by atoms with Gasteiger partial charge >= 0.3 is 0 Å². The molecule has 0 spiro atoms. The van der Waals surface area contributed by atoms with Crippen LogP contribution in [-0.4, -0.2) is 46.3 Å². The Kier molecular flexibility index (Phi) is 6.70. The van der Waals surface area contributed by atoms with Crippen molar-refractivity contribution in [3.05, 3.63) is 47.5 Å². The molecule has 0 radical (unpaired) electrons. The number of hydrogen-bond donors (Lipinski definition) is 0. The highest BCUT2D eigenvalue weighted by Gasteiger charge is 2.26. The van der Waals surface area contributed by atoms with Gasteiger partial charge in [-0.15, -0.1) is 0 Å². The molecule has 0 unspecified atom stereocenters. The predicted molar refractivity (Wildman–Crippen MR) is 97.4 cm³/mol. The number of pyridine rings is 1. The Morgan fingerprint density at radius 1 is 1.36 bits per heavy atom. The van der Waals surface area contributed by atoms with Crippen LogP contribution in [-0.2, 0) is 17.7 Å². The van der Waals surface area contributed by atoms with Gasteiger partial charge in [0.15, 0.2) is 0 Å². The van der Waals surface area contributed by atoms with Crippen molar-refractivity contribution in [3.8, 4) is 0 Å². The maximum atomic E-state index is 13.1. The van der Waals surface area contributed by atoms with Crippen molar-refractivity contribution in [2.75, 3.05) is 20.8 Å². The molecule has 2 rings (SSSR count). The van der Waals surface area contributed by atoms with Crippen molar-refractivity contribution in [1.82, 2.24) is 19.7 Å². The Hall–Kier alpha value is -2.21. The zero-order chi connectivity index (χ0) is 18.4. The van der Waals surface area contributed by atoms with Crippen molar-refractivity contribution in [2.45, 2.75) is 39.8 Å². The smallest absolute Gasteiger partial charge is 0.272 e. The average molecular weight is 344 g/mol. The topological polar surface area (TPSA) is 60.2 Å². The molecule has 2 aromatic heterocycles. The van der Waals surface area contributed by atoms with Crippen LogP contribution in [0.4, 0.5) is 0 Å². The lowest BCUT2D eigenvalue weighted by atomic mass is 10.1. The largest absolute Gasteiger partial charge is 0.382 e. The van der Waals surface area contributed by atoms with E-state index in [4.69, 9.17) is 4.74 Å². The van der Waals surface area contributed by atoms with Gasteiger partial charge in [-0.1, -0.05) is 19.9 Å². The monoisotopic (exact) mass is 344 g/mol. The number of ether oxygens (including phenoxy) is 1. The normalized spacial score (nSPS) is 12.4. The maximum Gasteiger partial charge on any atom is 0.272 e. The molecule has 6 heteroatoms. The Morgan fingerprint density at radius 2 is 2.12 bits per heavy atom. The molecule has 0 N–H and O–H groups in total. The van der Waals surface area contributed by atoms with Crippen LogP contribution in [0.5, 0.6) is 0 Å². The summed E-state index contributed by atoms with van der Waals surface area (Å²) in [6, 6.07) is 7.35. The lowest BCUT2D eigenvalue weighted by Crippen LogP contribution is -2.35. The standard InChI is InChI=1S/C19H28N4O2/c1-6-23-17(12-15(21-23)11-14(2)3)19(24)22(4)18(13-25-5)16-9-7-8-10-20-16/h7-10,12,14,18H,6,11,13H2,1-5H3/t18-/m0/s1. The number of rotatable bonds is 8. The van der Waals surface area contributed by atoms with Crippen LogP contribution in [0.1, 0.15) is 48.7 Å². The number of carbonyl (C=O) groups excluding carboxylic acids is 1. The molecular weight excluding hydrogens is 316 g/mol. The summed E-state index contributed by atoms with van der Waals surface area (Å²) in [5, 5.41) is 4.57. The number of methoxy groups -OCH3 is 1. The Balaban J connectivity index is 2.29. The minimum atomic E-state index is -0.243. The van der Waals surface area contributed by atoms with E-state index < -0.39 is 0 Å². The summed E-state index contributed by atoms with van der Waals surface area (Å²) in [4.78, 5) is 19.2. The summed E-state index contributed by atoms with van der Waals surface area (Å²) in [5.74, 6) is 0.424. The summed E-state index contributed by atoms with van der Waals surface area (Å²) >= 11 is 0. The van der Waals surface area contributed by atoms with E-state index >= 15 is 0 Å². The molecule has 0 saturated heterocycles. The second-order valence-corrected chi connectivity index (χ2v) is 6.58. The van der Waals surface area contributed by atoms with Crippen molar-refractivity contribution >= 4 is 5.91 Å². The molecule has 136 valence electrons. The van der Waals surface area contributed by atoms with E-state index in [0.717, 1.165) is 17.8 Å². The van der Waals surface area contributed by atoms with Crippen LogP contribution in [0.2, 0.25) is 0 Å². The second kappa shape index (κ2) is 8.76. The first-order chi connectivity index (χ1) is 12.0. The van der Waals surface area contributed by atoms with E-state index in [0.29, 0.717) is 24.8 Å². The fourth-order valence-corrected chi connectivity index (χ4v) is 2.85. The van der Waals surface area contributed by atoms with Crippen molar-refractivity contribution in [3.63, 3.8) is 0 Å². The van der Waals surface area contributed by atoms with Gasteiger partial charge in [-0.2, -0.15) is 5.10 Å². The quantitative estimate of drug-likeness (QED) is 0.739. The minimum Gasteiger partial charge on any atom is -0.382 e. The van der Waals surface area contributed by atoms with Crippen LogP contribution in [0.3, 0.4) is 0 Å². The van der Waals surface area contributed by atoms with Gasteiger partial charge in [0.05, 0.1) is 24.0 Å². The lowest BCUT2D eigenvalue weighted by Gasteiger charge is -2.27. The van der Waals surface area contributed by atoms with Gasteiger partial charge in [0.25, 0.3) is 5.91 Å². The zero-order valence-electron chi connectivity index (χ0n) is 15.8. The molecule has 0 aromatic carbocycles. The summed E-state index contributed by atoms with van der Waals surface area (Å²) in [6.45, 7) is 7.33. The van der Waals surface area contributed by atoms with Gasteiger partial charge in [-0.25, -0.2) is 0 Å². The van der Waals surface area contributed by atoms with Crippen molar-refractivity contribution in [1.29, 1.82) is 0 Å². The van der Waals surface area contributed by atoms with E-state index in [-0.39, 0.29) is 11.9 Å². The van der Waals surface area contributed by atoms with Gasteiger partial charge in [-0.3, -0.25) is 14.5 Å². The van der Waals surface area contributed by atoms with E-state index in [1.165, 1.54) is 0 Å². The molecule has 0 aliphatic carbocycles. The van der Waals surface area contributed by atoms with Gasteiger partial charge in [0.1, 0.15) is 5.69 Å². The first kappa shape index (κ1) is 19.1. The molecule has 0 saturated carbocycles. The maximum absolute atomic E-state index is 13.1. The molecule has 2 aromatic rings. The summed E-state index contributed by atoms with van der Waals surface area (Å²) in [5.41, 5.74) is 2.37.